The molecule has 1 aromatic carbocycles. The number of carbonyl (C=O) groups is 1. The van der Waals surface area contributed by atoms with Gasteiger partial charge >= 0.3 is 0 Å². The first-order valence-corrected chi connectivity index (χ1v) is 6.48. The van der Waals surface area contributed by atoms with Crippen molar-refractivity contribution in [2.75, 3.05) is 0 Å². The van der Waals surface area contributed by atoms with Gasteiger partial charge < -0.3 is 14.6 Å². The molecule has 1 aromatic rings. The molecule has 0 bridgehead atoms. The van der Waals surface area contributed by atoms with Crippen LogP contribution in [-0.2, 0) is 4.74 Å². The topological polar surface area (TPSA) is 49.4 Å². The molecule has 0 saturated heterocycles. The molecule has 0 amide bonds. The average molecular weight is 414 g/mol. The Morgan fingerprint density at radius 2 is 1.88 bits per heavy atom. The predicted octanol–water partition coefficient (Wildman–Crippen LogP) is 3.56. The normalized spacial score (nSPS) is 11.9. The Hall–Kier alpha value is -0.330. The Bertz CT molecular complexity index is 408. The van der Waals surface area contributed by atoms with Crippen molar-refractivity contribution in [3.8, 4) is 0 Å². The predicted molar refractivity (Wildman–Crippen MR) is 69.0 cm³/mol. The van der Waals surface area contributed by atoms with E-state index in [0.29, 0.717) is 14.5 Å². The van der Waals surface area contributed by atoms with Crippen LogP contribution in [0.1, 0.15) is 11.7 Å². The van der Waals surface area contributed by atoms with E-state index in [1.807, 2.05) is 0 Å². The van der Waals surface area contributed by atoms with Crippen molar-refractivity contribution < 1.29 is 14.6 Å². The second-order valence-corrected chi connectivity index (χ2v) is 5.43. The van der Waals surface area contributed by atoms with Crippen LogP contribution in [0.15, 0.2) is 38.2 Å². The van der Waals surface area contributed by atoms with Gasteiger partial charge in [0.15, 0.2) is 0 Å². The molecule has 86 valence electrons. The maximum atomic E-state index is 10.4. The summed E-state index contributed by atoms with van der Waals surface area (Å²) in [6.45, 7) is 3.53. The summed E-state index contributed by atoms with van der Waals surface area (Å²) in [5.74, 6) is 0. The lowest BCUT2D eigenvalue weighted by Gasteiger charge is -2.21. The first kappa shape index (κ1) is 13.7. The van der Waals surface area contributed by atoms with Gasteiger partial charge in [0.1, 0.15) is 0 Å². The minimum absolute atomic E-state index is 0.641. The van der Waals surface area contributed by atoms with E-state index >= 15 is 0 Å². The highest BCUT2D eigenvalue weighted by molar-refractivity contribution is 9.11. The third-order valence-corrected chi connectivity index (χ3v) is 3.54. The van der Waals surface area contributed by atoms with Crippen LogP contribution in [-0.4, -0.2) is 6.16 Å². The maximum Gasteiger partial charge on any atom is 0.252 e. The van der Waals surface area contributed by atoms with Gasteiger partial charge in [0, 0.05) is 19.0 Å². The molecule has 6 heteroatoms. The van der Waals surface area contributed by atoms with Gasteiger partial charge in [-0.2, -0.15) is 0 Å². The lowest BCUT2D eigenvalue weighted by atomic mass is 10.1. The Labute approximate surface area is 118 Å². The Kier molecular flexibility index (Phi) is 5.01. The molecule has 0 N–H and O–H groups in total. The molecule has 1 unspecified atom stereocenters. The van der Waals surface area contributed by atoms with Gasteiger partial charge in [-0.15, -0.1) is 6.58 Å². The fraction of sp³-hybridized carbons (Fsp3) is 0.100. The number of carboxylic acid groups (broad SMARTS) is 1. The molecule has 0 aliphatic heterocycles. The summed E-state index contributed by atoms with van der Waals surface area (Å²) in [6, 6.07) is 3.57. The minimum Gasteiger partial charge on any atom is -0.537 e. The van der Waals surface area contributed by atoms with E-state index in [1.54, 1.807) is 12.1 Å². The molecule has 0 aromatic heterocycles. The summed E-state index contributed by atoms with van der Waals surface area (Å²) in [6.07, 6.45) is -0.984. The summed E-state index contributed by atoms with van der Waals surface area (Å²) in [5.41, 5.74) is 0.641. The van der Waals surface area contributed by atoms with Crippen LogP contribution in [0.4, 0.5) is 4.79 Å². The van der Waals surface area contributed by atoms with Crippen LogP contribution in [0.5, 0.6) is 0 Å². The molecule has 0 aliphatic rings. The monoisotopic (exact) mass is 411 g/mol. The van der Waals surface area contributed by atoms with E-state index in [4.69, 9.17) is 0 Å². The van der Waals surface area contributed by atoms with E-state index in [0.717, 1.165) is 4.47 Å². The smallest absolute Gasteiger partial charge is 0.252 e. The van der Waals surface area contributed by atoms with Gasteiger partial charge in [-0.25, -0.2) is 0 Å². The highest BCUT2D eigenvalue weighted by Crippen LogP contribution is 2.36. The van der Waals surface area contributed by atoms with Crippen LogP contribution in [0.2, 0.25) is 0 Å². The largest absolute Gasteiger partial charge is 0.537 e. The summed E-state index contributed by atoms with van der Waals surface area (Å²) < 4.78 is 6.87. The van der Waals surface area contributed by atoms with Crippen LogP contribution in [0, 0.1) is 0 Å². The van der Waals surface area contributed by atoms with Crippen molar-refractivity contribution in [2.24, 2.45) is 0 Å². The summed E-state index contributed by atoms with van der Waals surface area (Å²) >= 11 is 9.97. The maximum absolute atomic E-state index is 10.4. The van der Waals surface area contributed by atoms with Crippen LogP contribution in [0.3, 0.4) is 0 Å². The third-order valence-electron chi connectivity index (χ3n) is 1.77. The Morgan fingerprint density at radius 1 is 1.38 bits per heavy atom. The lowest BCUT2D eigenvalue weighted by molar-refractivity contribution is -0.286. The highest BCUT2D eigenvalue weighted by atomic mass is 79.9. The zero-order valence-corrected chi connectivity index (χ0v) is 12.6. The lowest BCUT2D eigenvalue weighted by Crippen LogP contribution is -2.25. The SMILES string of the molecule is C=CC(OC(=O)[O-])c1c(Br)cc(Br)cc1Br. The molecule has 0 spiro atoms. The number of carbonyl (C=O) groups excluding carboxylic acids is 1. The van der Waals surface area contributed by atoms with Crippen LogP contribution >= 0.6 is 47.8 Å². The Morgan fingerprint density at radius 3 is 2.25 bits per heavy atom. The van der Waals surface area contributed by atoms with Gasteiger partial charge in [-0.1, -0.05) is 53.9 Å². The number of hydrogen-bond acceptors (Lipinski definition) is 3. The zero-order chi connectivity index (χ0) is 12.3. The number of rotatable bonds is 3. The van der Waals surface area contributed by atoms with Crippen molar-refractivity contribution >= 4 is 53.9 Å². The van der Waals surface area contributed by atoms with E-state index in [2.05, 4.69) is 59.1 Å². The van der Waals surface area contributed by atoms with Gasteiger partial charge in [0.25, 0.3) is 6.16 Å². The number of benzene rings is 1. The second-order valence-electron chi connectivity index (χ2n) is 2.81. The molecule has 1 atom stereocenters. The van der Waals surface area contributed by atoms with Crippen molar-refractivity contribution in [1.82, 2.24) is 0 Å². The summed E-state index contributed by atoms with van der Waals surface area (Å²) in [7, 11) is 0. The first-order chi connectivity index (χ1) is 7.45. The summed E-state index contributed by atoms with van der Waals surface area (Å²) in [4.78, 5) is 10.4. The summed E-state index contributed by atoms with van der Waals surface area (Å²) in [5, 5.41) is 10.4. The second kappa shape index (κ2) is 5.84. The van der Waals surface area contributed by atoms with Crippen LogP contribution in [0.25, 0.3) is 0 Å². The molecule has 1 rings (SSSR count). The molecule has 0 saturated carbocycles. The van der Waals surface area contributed by atoms with Crippen LogP contribution < -0.4 is 5.11 Å². The molecule has 0 aliphatic carbocycles. The van der Waals surface area contributed by atoms with E-state index in [1.165, 1.54) is 6.08 Å². The molecule has 0 fully saturated rings. The third kappa shape index (κ3) is 3.33. The van der Waals surface area contributed by atoms with Gasteiger partial charge in [0.05, 0.1) is 6.10 Å². The van der Waals surface area contributed by atoms with Gasteiger partial charge in [0.2, 0.25) is 0 Å². The van der Waals surface area contributed by atoms with Gasteiger partial charge in [-0.3, -0.25) is 0 Å². The first-order valence-electron chi connectivity index (χ1n) is 4.10. The molecule has 16 heavy (non-hydrogen) atoms. The fourth-order valence-corrected chi connectivity index (χ4v) is 3.86. The molecular weight excluding hydrogens is 408 g/mol. The zero-order valence-electron chi connectivity index (χ0n) is 7.88. The Balaban J connectivity index is 3.19. The van der Waals surface area contributed by atoms with Crippen molar-refractivity contribution in [3.05, 3.63) is 43.8 Å². The van der Waals surface area contributed by atoms with Crippen molar-refractivity contribution in [3.63, 3.8) is 0 Å². The number of halogens is 3. The fourth-order valence-electron chi connectivity index (χ4n) is 1.15. The van der Waals surface area contributed by atoms with E-state index < -0.39 is 12.3 Å². The average Bonchev–Trinajstić information content (AvgIpc) is 2.13. The quantitative estimate of drug-likeness (QED) is 0.562. The number of ether oxygens (including phenoxy) is 1. The van der Waals surface area contributed by atoms with Crippen molar-refractivity contribution in [1.29, 1.82) is 0 Å². The van der Waals surface area contributed by atoms with E-state index in [9.17, 15) is 9.90 Å². The molecule has 3 nitrogen and oxygen atoms in total. The van der Waals surface area contributed by atoms with E-state index in [-0.39, 0.29) is 0 Å². The standard InChI is InChI=1S/C10H7Br3O3/c1-2-8(16-10(14)15)9-6(12)3-5(11)4-7(9)13/h2-4,8H,1H2,(H,14,15)/p-1. The highest BCUT2D eigenvalue weighted by Gasteiger charge is 2.14. The molecule has 0 radical (unpaired) electrons. The van der Waals surface area contributed by atoms with Crippen molar-refractivity contribution in [2.45, 2.75) is 6.10 Å². The molecule has 0 heterocycles. The number of hydrogen-bond donors (Lipinski definition) is 0. The van der Waals surface area contributed by atoms with Gasteiger partial charge in [-0.05, 0) is 12.1 Å². The minimum atomic E-state index is -1.59. The molecular formula is C10H6Br3O3-.